The first-order valence-corrected chi connectivity index (χ1v) is 9.64. The van der Waals surface area contributed by atoms with E-state index in [1.165, 1.54) is 4.88 Å². The van der Waals surface area contributed by atoms with Crippen LogP contribution >= 0.6 is 35.3 Å². The lowest BCUT2D eigenvalue weighted by molar-refractivity contribution is 0.709. The molecule has 0 aliphatic carbocycles. The fraction of sp³-hybridized carbons (Fsp3) is 0.316. The van der Waals surface area contributed by atoms with Crippen molar-refractivity contribution in [1.29, 1.82) is 0 Å². The number of halogens is 1. The lowest BCUT2D eigenvalue weighted by Gasteiger charge is -2.15. The second-order valence-electron chi connectivity index (χ2n) is 5.97. The predicted molar refractivity (Wildman–Crippen MR) is 122 cm³/mol. The molecule has 0 aromatic carbocycles. The quantitative estimate of drug-likeness (QED) is 0.297. The largest absolute Gasteiger partial charge is 0.357 e. The molecule has 0 radical (unpaired) electrons. The molecule has 6 nitrogen and oxygen atoms in total. The molecule has 2 N–H and O–H groups in total. The van der Waals surface area contributed by atoms with Crippen LogP contribution in [0.4, 0.5) is 0 Å². The molecule has 0 saturated heterocycles. The fourth-order valence-electron chi connectivity index (χ4n) is 2.52. The van der Waals surface area contributed by atoms with Crippen molar-refractivity contribution in [2.75, 3.05) is 13.1 Å². The number of aliphatic imine (C=N–C) groups is 1. The fourth-order valence-corrected chi connectivity index (χ4v) is 3.31. The molecule has 3 rings (SSSR count). The molecule has 3 aromatic rings. The monoisotopic (exact) mass is 496 g/mol. The van der Waals surface area contributed by atoms with E-state index in [4.69, 9.17) is 4.99 Å². The highest BCUT2D eigenvalue weighted by molar-refractivity contribution is 14.0. The second-order valence-corrected chi connectivity index (χ2v) is 6.94. The van der Waals surface area contributed by atoms with Crippen molar-refractivity contribution in [1.82, 2.24) is 25.4 Å². The van der Waals surface area contributed by atoms with Crippen LogP contribution in [0.2, 0.25) is 0 Å². The maximum atomic E-state index is 4.70. The Morgan fingerprint density at radius 1 is 1.26 bits per heavy atom. The van der Waals surface area contributed by atoms with E-state index in [1.54, 1.807) is 28.4 Å². The average Bonchev–Trinajstić information content (AvgIpc) is 3.38. The summed E-state index contributed by atoms with van der Waals surface area (Å²) in [6, 6.07) is 10.1. The van der Waals surface area contributed by atoms with Crippen molar-refractivity contribution >= 4 is 41.3 Å². The third-order valence-electron chi connectivity index (χ3n) is 3.92. The van der Waals surface area contributed by atoms with E-state index in [0.29, 0.717) is 12.5 Å². The second kappa shape index (κ2) is 11.0. The van der Waals surface area contributed by atoms with Crippen LogP contribution in [0, 0.1) is 0 Å². The van der Waals surface area contributed by atoms with Gasteiger partial charge in [0.2, 0.25) is 0 Å². The lowest BCUT2D eigenvalue weighted by atomic mass is 10.1. The number of nitrogens with zero attached hydrogens (tertiary/aromatic N) is 4. The van der Waals surface area contributed by atoms with Crippen molar-refractivity contribution in [2.24, 2.45) is 4.99 Å². The molecule has 0 amide bonds. The van der Waals surface area contributed by atoms with Crippen molar-refractivity contribution < 1.29 is 0 Å². The zero-order chi connectivity index (χ0) is 18.2. The molecule has 27 heavy (non-hydrogen) atoms. The van der Waals surface area contributed by atoms with Crippen molar-refractivity contribution in [3.8, 4) is 5.82 Å². The number of nitrogens with one attached hydrogen (secondary N) is 2. The summed E-state index contributed by atoms with van der Waals surface area (Å²) in [5.74, 6) is 2.08. The first-order valence-electron chi connectivity index (χ1n) is 8.76. The van der Waals surface area contributed by atoms with Gasteiger partial charge in [-0.3, -0.25) is 0 Å². The van der Waals surface area contributed by atoms with Crippen molar-refractivity contribution in [3.63, 3.8) is 0 Å². The average molecular weight is 496 g/mol. The highest BCUT2D eigenvalue weighted by Crippen LogP contribution is 2.19. The normalized spacial score (nSPS) is 12.3. The van der Waals surface area contributed by atoms with Gasteiger partial charge < -0.3 is 10.6 Å². The van der Waals surface area contributed by atoms with Gasteiger partial charge in [0.1, 0.15) is 0 Å². The number of thiophene rings is 1. The number of aromatic nitrogens is 3. The first-order chi connectivity index (χ1) is 12.8. The first kappa shape index (κ1) is 21.4. The molecule has 1 unspecified atom stereocenters. The summed E-state index contributed by atoms with van der Waals surface area (Å²) in [6.07, 6.45) is 5.42. The Bertz CT molecular complexity index is 817. The topological polar surface area (TPSA) is 67.1 Å². The van der Waals surface area contributed by atoms with Gasteiger partial charge in [0, 0.05) is 42.5 Å². The molecule has 1 atom stereocenters. The number of hydrogen-bond acceptors (Lipinski definition) is 4. The zero-order valence-corrected chi connectivity index (χ0v) is 18.6. The summed E-state index contributed by atoms with van der Waals surface area (Å²) < 4.78 is 1.75. The van der Waals surface area contributed by atoms with Gasteiger partial charge in [-0.25, -0.2) is 14.7 Å². The van der Waals surface area contributed by atoms with E-state index in [0.717, 1.165) is 30.4 Å². The summed E-state index contributed by atoms with van der Waals surface area (Å²) in [4.78, 5) is 10.4. The van der Waals surface area contributed by atoms with Gasteiger partial charge in [-0.2, -0.15) is 5.10 Å². The Hall–Kier alpha value is -1.94. The summed E-state index contributed by atoms with van der Waals surface area (Å²) in [6.45, 7) is 6.55. The summed E-state index contributed by atoms with van der Waals surface area (Å²) in [5.41, 5.74) is 1.09. The molecule has 3 aromatic heterocycles. The van der Waals surface area contributed by atoms with Gasteiger partial charge in [0.25, 0.3) is 0 Å². The number of hydrogen-bond donors (Lipinski definition) is 2. The van der Waals surface area contributed by atoms with Gasteiger partial charge in [0.05, 0.1) is 6.54 Å². The highest BCUT2D eigenvalue weighted by Gasteiger charge is 2.07. The molecule has 0 aliphatic rings. The van der Waals surface area contributed by atoms with Crippen LogP contribution in [0.1, 0.15) is 30.2 Å². The van der Waals surface area contributed by atoms with Gasteiger partial charge in [-0.15, -0.1) is 35.3 Å². The van der Waals surface area contributed by atoms with Crippen molar-refractivity contribution in [2.45, 2.75) is 26.3 Å². The smallest absolute Gasteiger partial charge is 0.191 e. The zero-order valence-electron chi connectivity index (χ0n) is 15.5. The molecular formula is C19H25IN6S. The van der Waals surface area contributed by atoms with E-state index >= 15 is 0 Å². The standard InChI is InChI=1S/C19H24N6S.HI/c1-3-20-19(22-13-15(2)17-6-4-11-26-17)23-14-16-7-9-21-18(12-16)25-10-5-8-24-25;/h4-12,15H,3,13-14H2,1-2H3,(H2,20,22,23);1H. The number of guanidine groups is 1. The third kappa shape index (κ3) is 6.31. The van der Waals surface area contributed by atoms with Gasteiger partial charge in [-0.1, -0.05) is 13.0 Å². The Morgan fingerprint density at radius 2 is 2.15 bits per heavy atom. The Balaban J connectivity index is 0.00000261. The number of rotatable bonds is 7. The number of pyridine rings is 1. The minimum atomic E-state index is 0. The van der Waals surface area contributed by atoms with Crippen LogP contribution in [0.25, 0.3) is 5.82 Å². The van der Waals surface area contributed by atoms with E-state index in [-0.39, 0.29) is 24.0 Å². The van der Waals surface area contributed by atoms with E-state index < -0.39 is 0 Å². The molecule has 0 fully saturated rings. The Kier molecular flexibility index (Phi) is 8.73. The Morgan fingerprint density at radius 3 is 2.85 bits per heavy atom. The van der Waals surface area contributed by atoms with Gasteiger partial charge in [-0.05, 0) is 42.1 Å². The molecule has 0 spiro atoms. The summed E-state index contributed by atoms with van der Waals surface area (Å²) in [5, 5.41) is 13.1. The lowest BCUT2D eigenvalue weighted by Crippen LogP contribution is -2.39. The molecule has 8 heteroatoms. The molecule has 0 saturated carbocycles. The molecule has 0 bridgehead atoms. The summed E-state index contributed by atoms with van der Waals surface area (Å²) in [7, 11) is 0. The highest BCUT2D eigenvalue weighted by atomic mass is 127. The van der Waals surface area contributed by atoms with Crippen LogP contribution in [0.3, 0.4) is 0 Å². The molecule has 144 valence electrons. The van der Waals surface area contributed by atoms with E-state index in [2.05, 4.69) is 52.1 Å². The predicted octanol–water partition coefficient (Wildman–Crippen LogP) is 3.81. The molecule has 0 aliphatic heterocycles. The van der Waals surface area contributed by atoms with Crippen LogP contribution < -0.4 is 10.6 Å². The van der Waals surface area contributed by atoms with Crippen LogP contribution in [0.5, 0.6) is 0 Å². The summed E-state index contributed by atoms with van der Waals surface area (Å²) >= 11 is 1.79. The molecular weight excluding hydrogens is 471 g/mol. The minimum Gasteiger partial charge on any atom is -0.357 e. The van der Waals surface area contributed by atoms with Crippen LogP contribution in [-0.2, 0) is 6.54 Å². The maximum absolute atomic E-state index is 4.70. The Labute approximate surface area is 181 Å². The van der Waals surface area contributed by atoms with Gasteiger partial charge in [0.15, 0.2) is 11.8 Å². The molecule has 3 heterocycles. The third-order valence-corrected chi connectivity index (χ3v) is 5.02. The van der Waals surface area contributed by atoms with Crippen LogP contribution in [-0.4, -0.2) is 33.8 Å². The van der Waals surface area contributed by atoms with Gasteiger partial charge >= 0.3 is 0 Å². The van der Waals surface area contributed by atoms with Crippen LogP contribution in [0.15, 0.2) is 59.3 Å². The van der Waals surface area contributed by atoms with E-state index in [1.807, 2.05) is 24.4 Å². The maximum Gasteiger partial charge on any atom is 0.191 e. The minimum absolute atomic E-state index is 0. The van der Waals surface area contributed by atoms with E-state index in [9.17, 15) is 0 Å². The van der Waals surface area contributed by atoms with Crippen molar-refractivity contribution in [3.05, 3.63) is 64.7 Å². The SMILES string of the molecule is CCNC(=NCc1ccnc(-n2cccn2)c1)NCC(C)c1cccs1.I.